The molecule has 0 amide bonds. The molecule has 2 heterocycles. The summed E-state index contributed by atoms with van der Waals surface area (Å²) < 4.78 is 0. The third-order valence-electron chi connectivity index (χ3n) is 4.90. The fourth-order valence-electron chi connectivity index (χ4n) is 3.71. The molecule has 2 aliphatic heterocycles. The molecule has 2 saturated heterocycles. The fraction of sp³-hybridized carbons (Fsp3) is 0.647. The summed E-state index contributed by atoms with van der Waals surface area (Å²) in [5.74, 6) is 0. The summed E-state index contributed by atoms with van der Waals surface area (Å²) in [4.78, 5) is 2.70. The van der Waals surface area contributed by atoms with Crippen molar-refractivity contribution in [2.24, 2.45) is 0 Å². The van der Waals surface area contributed by atoms with Crippen LogP contribution in [0.15, 0.2) is 24.3 Å². The van der Waals surface area contributed by atoms with Crippen LogP contribution in [0, 0.1) is 6.92 Å². The second-order valence-corrected chi connectivity index (χ2v) is 6.29. The number of piperidine rings is 1. The molecule has 2 nitrogen and oxygen atoms in total. The van der Waals surface area contributed by atoms with Crippen LogP contribution < -0.4 is 5.32 Å². The number of aryl methyl sites for hydroxylation is 1. The zero-order chi connectivity index (χ0) is 13.2. The van der Waals surface area contributed by atoms with E-state index in [0.717, 1.165) is 6.04 Å². The average Bonchev–Trinajstić information content (AvgIpc) is 2.83. The molecule has 0 bridgehead atoms. The van der Waals surface area contributed by atoms with E-state index in [1.165, 1.54) is 49.9 Å². The van der Waals surface area contributed by atoms with Gasteiger partial charge in [-0.05, 0) is 45.2 Å². The first-order chi connectivity index (χ1) is 9.24. The highest BCUT2D eigenvalue weighted by atomic mass is 15.2. The summed E-state index contributed by atoms with van der Waals surface area (Å²) in [6.45, 7) is 7.07. The van der Waals surface area contributed by atoms with Crippen LogP contribution in [0.4, 0.5) is 0 Å². The van der Waals surface area contributed by atoms with Gasteiger partial charge in [0.2, 0.25) is 0 Å². The number of hydrogen-bond donors (Lipinski definition) is 1. The minimum atomic E-state index is 0.465. The highest BCUT2D eigenvalue weighted by Crippen LogP contribution is 2.28. The minimum Gasteiger partial charge on any atom is -0.306 e. The van der Waals surface area contributed by atoms with Gasteiger partial charge in [0.1, 0.15) is 0 Å². The lowest BCUT2D eigenvalue weighted by Gasteiger charge is -2.34. The van der Waals surface area contributed by atoms with Crippen LogP contribution in [0.3, 0.4) is 0 Å². The number of benzene rings is 1. The summed E-state index contributed by atoms with van der Waals surface area (Å²) in [6, 6.07) is 10.9. The highest BCUT2D eigenvalue weighted by Gasteiger charge is 2.35. The lowest BCUT2D eigenvalue weighted by atomic mass is 9.97. The quantitative estimate of drug-likeness (QED) is 0.895. The Kier molecular flexibility index (Phi) is 3.90. The fourth-order valence-corrected chi connectivity index (χ4v) is 3.71. The van der Waals surface area contributed by atoms with E-state index in [2.05, 4.69) is 48.3 Å². The number of nitrogens with zero attached hydrogens (tertiary/aromatic N) is 1. The summed E-state index contributed by atoms with van der Waals surface area (Å²) in [7, 11) is 0. The first-order valence-electron chi connectivity index (χ1n) is 7.81. The Labute approximate surface area is 117 Å². The van der Waals surface area contributed by atoms with Gasteiger partial charge in [-0.3, -0.25) is 4.90 Å². The second-order valence-electron chi connectivity index (χ2n) is 6.29. The summed E-state index contributed by atoms with van der Waals surface area (Å²) in [5.41, 5.74) is 2.76. The van der Waals surface area contributed by atoms with Crippen molar-refractivity contribution in [2.75, 3.05) is 13.1 Å². The van der Waals surface area contributed by atoms with Crippen molar-refractivity contribution in [2.45, 2.75) is 57.7 Å². The topological polar surface area (TPSA) is 15.3 Å². The predicted octanol–water partition coefficient (Wildman–Crippen LogP) is 3.27. The standard InChI is InChI=1S/C17H26N2/c1-13-6-8-15(9-7-13)14(2)18-16-10-12-19-11-4-3-5-17(16)19/h6-9,14,16-18H,3-5,10-12H2,1-2H3/t14-,16?,17?/m0/s1. The summed E-state index contributed by atoms with van der Waals surface area (Å²) >= 11 is 0. The van der Waals surface area contributed by atoms with Crippen LogP contribution in [0.1, 0.15) is 49.8 Å². The first-order valence-corrected chi connectivity index (χ1v) is 7.81. The molecule has 0 spiro atoms. The monoisotopic (exact) mass is 258 g/mol. The molecule has 0 radical (unpaired) electrons. The Morgan fingerprint density at radius 2 is 1.89 bits per heavy atom. The largest absolute Gasteiger partial charge is 0.306 e. The molecule has 1 aromatic carbocycles. The lowest BCUT2D eigenvalue weighted by molar-refractivity contribution is 0.177. The molecular formula is C17H26N2. The molecule has 0 saturated carbocycles. The smallest absolute Gasteiger partial charge is 0.0295 e. The van der Waals surface area contributed by atoms with E-state index in [1.807, 2.05) is 0 Å². The van der Waals surface area contributed by atoms with Gasteiger partial charge in [-0.25, -0.2) is 0 Å². The molecule has 19 heavy (non-hydrogen) atoms. The van der Waals surface area contributed by atoms with Gasteiger partial charge in [0.05, 0.1) is 0 Å². The summed E-state index contributed by atoms with van der Waals surface area (Å²) in [5, 5.41) is 3.87. The van der Waals surface area contributed by atoms with Crippen LogP contribution in [0.5, 0.6) is 0 Å². The number of hydrogen-bond acceptors (Lipinski definition) is 2. The van der Waals surface area contributed by atoms with E-state index < -0.39 is 0 Å². The zero-order valence-corrected chi connectivity index (χ0v) is 12.2. The van der Waals surface area contributed by atoms with Crippen molar-refractivity contribution in [3.8, 4) is 0 Å². The van der Waals surface area contributed by atoms with E-state index in [4.69, 9.17) is 0 Å². The molecular weight excluding hydrogens is 232 g/mol. The molecule has 0 aliphatic carbocycles. The average molecular weight is 258 g/mol. The van der Waals surface area contributed by atoms with Gasteiger partial charge in [0.25, 0.3) is 0 Å². The maximum Gasteiger partial charge on any atom is 0.0295 e. The second kappa shape index (κ2) is 5.64. The van der Waals surface area contributed by atoms with Crippen molar-refractivity contribution in [1.29, 1.82) is 0 Å². The summed E-state index contributed by atoms with van der Waals surface area (Å²) in [6.07, 6.45) is 5.52. The predicted molar refractivity (Wildman–Crippen MR) is 80.3 cm³/mol. The molecule has 3 rings (SSSR count). The SMILES string of the molecule is Cc1ccc([C@H](C)NC2CCN3CCCCC23)cc1. The van der Waals surface area contributed by atoms with E-state index in [0.29, 0.717) is 12.1 Å². The molecule has 2 heteroatoms. The molecule has 3 atom stereocenters. The Morgan fingerprint density at radius 1 is 1.11 bits per heavy atom. The molecule has 0 aromatic heterocycles. The maximum absolute atomic E-state index is 3.87. The number of nitrogens with one attached hydrogen (secondary N) is 1. The molecule has 1 aromatic rings. The molecule has 2 unspecified atom stereocenters. The Balaban J connectivity index is 1.63. The van der Waals surface area contributed by atoms with E-state index in [9.17, 15) is 0 Å². The molecule has 2 fully saturated rings. The molecule has 2 aliphatic rings. The van der Waals surface area contributed by atoms with Crippen molar-refractivity contribution in [3.05, 3.63) is 35.4 Å². The Bertz CT molecular complexity index is 412. The Morgan fingerprint density at radius 3 is 2.68 bits per heavy atom. The van der Waals surface area contributed by atoms with Gasteiger partial charge in [0.15, 0.2) is 0 Å². The normalized spacial score (nSPS) is 29.2. The lowest BCUT2D eigenvalue weighted by Crippen LogP contribution is -2.45. The van der Waals surface area contributed by atoms with Crippen LogP contribution >= 0.6 is 0 Å². The number of rotatable bonds is 3. The van der Waals surface area contributed by atoms with Gasteiger partial charge in [0, 0.05) is 24.7 Å². The van der Waals surface area contributed by atoms with Gasteiger partial charge in [-0.2, -0.15) is 0 Å². The third-order valence-corrected chi connectivity index (χ3v) is 4.90. The van der Waals surface area contributed by atoms with Gasteiger partial charge in [-0.1, -0.05) is 36.2 Å². The van der Waals surface area contributed by atoms with Crippen molar-refractivity contribution >= 4 is 0 Å². The zero-order valence-electron chi connectivity index (χ0n) is 12.2. The van der Waals surface area contributed by atoms with Crippen LogP contribution in [-0.2, 0) is 0 Å². The van der Waals surface area contributed by atoms with Gasteiger partial charge in [-0.15, -0.1) is 0 Å². The third kappa shape index (κ3) is 2.85. The Hall–Kier alpha value is -0.860. The van der Waals surface area contributed by atoms with Crippen LogP contribution in [0.2, 0.25) is 0 Å². The van der Waals surface area contributed by atoms with Crippen LogP contribution in [-0.4, -0.2) is 30.1 Å². The highest BCUT2D eigenvalue weighted by molar-refractivity contribution is 5.23. The minimum absolute atomic E-state index is 0.465. The number of fused-ring (bicyclic) bond motifs is 1. The maximum atomic E-state index is 3.87. The van der Waals surface area contributed by atoms with E-state index in [-0.39, 0.29) is 0 Å². The van der Waals surface area contributed by atoms with Crippen LogP contribution in [0.25, 0.3) is 0 Å². The van der Waals surface area contributed by atoms with E-state index >= 15 is 0 Å². The van der Waals surface area contributed by atoms with Crippen molar-refractivity contribution in [3.63, 3.8) is 0 Å². The molecule has 104 valence electrons. The molecule has 1 N–H and O–H groups in total. The van der Waals surface area contributed by atoms with E-state index in [1.54, 1.807) is 0 Å². The van der Waals surface area contributed by atoms with Gasteiger partial charge >= 0.3 is 0 Å². The van der Waals surface area contributed by atoms with Crippen molar-refractivity contribution < 1.29 is 0 Å². The van der Waals surface area contributed by atoms with Crippen molar-refractivity contribution in [1.82, 2.24) is 10.2 Å². The first kappa shape index (κ1) is 13.1. The van der Waals surface area contributed by atoms with Gasteiger partial charge < -0.3 is 5.32 Å².